The van der Waals surface area contributed by atoms with Crippen molar-refractivity contribution in [3.63, 3.8) is 0 Å². The van der Waals surface area contributed by atoms with Crippen molar-refractivity contribution in [2.24, 2.45) is 5.73 Å². The van der Waals surface area contributed by atoms with Gasteiger partial charge in [0, 0.05) is 68.5 Å². The summed E-state index contributed by atoms with van der Waals surface area (Å²) < 4.78 is 16.5. The molecule has 2 aromatic rings. The third kappa shape index (κ3) is 10.1. The van der Waals surface area contributed by atoms with E-state index in [1.807, 2.05) is 29.7 Å². The number of nitrogens with zero attached hydrogens (tertiary/aromatic N) is 2. The number of methoxy groups -OCH3 is 2. The van der Waals surface area contributed by atoms with Crippen LogP contribution >= 0.6 is 12.4 Å². The van der Waals surface area contributed by atoms with E-state index in [0.717, 1.165) is 44.1 Å². The summed E-state index contributed by atoms with van der Waals surface area (Å²) in [7, 11) is 3.25. The molecule has 0 spiro atoms. The van der Waals surface area contributed by atoms with Crippen molar-refractivity contribution in [1.29, 1.82) is 0 Å². The third-order valence-corrected chi connectivity index (χ3v) is 8.43. The number of carbonyl (C=O) groups excluding carboxylic acids is 3. The Balaban J connectivity index is 0.00000552. The number of amides is 3. The van der Waals surface area contributed by atoms with Crippen LogP contribution < -0.4 is 20.5 Å². The summed E-state index contributed by atoms with van der Waals surface area (Å²) >= 11 is 0. The van der Waals surface area contributed by atoms with Crippen molar-refractivity contribution in [3.05, 3.63) is 59.2 Å². The Morgan fingerprint density at radius 1 is 0.956 bits per heavy atom. The number of piperidine rings is 1. The molecule has 1 saturated carbocycles. The molecule has 0 aromatic heterocycles. The molecule has 1 aliphatic heterocycles. The van der Waals surface area contributed by atoms with E-state index >= 15 is 0 Å². The van der Waals surface area contributed by atoms with Gasteiger partial charge in [-0.3, -0.25) is 14.4 Å². The van der Waals surface area contributed by atoms with Crippen LogP contribution in [0.1, 0.15) is 78.7 Å². The summed E-state index contributed by atoms with van der Waals surface area (Å²) in [5.74, 6) is 0.709. The molecule has 3 amide bonds. The molecule has 3 N–H and O–H groups in total. The second kappa shape index (κ2) is 17.4. The molecule has 11 heteroatoms. The molecule has 2 aliphatic rings. The lowest BCUT2D eigenvalue weighted by molar-refractivity contribution is -0.131. The molecule has 0 radical (unpaired) electrons. The maximum absolute atomic E-state index is 13.8. The number of halogens is 1. The minimum atomic E-state index is -0.491. The summed E-state index contributed by atoms with van der Waals surface area (Å²) in [6.45, 7) is 6.55. The van der Waals surface area contributed by atoms with Gasteiger partial charge in [0.2, 0.25) is 11.8 Å². The third-order valence-electron chi connectivity index (χ3n) is 8.43. The highest BCUT2D eigenvalue weighted by atomic mass is 35.5. The highest BCUT2D eigenvalue weighted by Crippen LogP contribution is 2.31. The molecule has 0 unspecified atom stereocenters. The van der Waals surface area contributed by atoms with Crippen molar-refractivity contribution >= 4 is 30.1 Å². The molecule has 248 valence electrons. The molecule has 2 fully saturated rings. The van der Waals surface area contributed by atoms with E-state index in [1.165, 1.54) is 0 Å². The topological polar surface area (TPSA) is 123 Å². The monoisotopic (exact) mass is 644 g/mol. The van der Waals surface area contributed by atoms with Gasteiger partial charge >= 0.3 is 0 Å². The molecule has 1 aliphatic carbocycles. The zero-order chi connectivity index (χ0) is 31.6. The molecule has 2 atom stereocenters. The van der Waals surface area contributed by atoms with Crippen LogP contribution in [0.4, 0.5) is 0 Å². The van der Waals surface area contributed by atoms with Gasteiger partial charge in [-0.2, -0.15) is 0 Å². The first-order chi connectivity index (χ1) is 21.2. The number of nitrogens with one attached hydrogen (secondary N) is 1. The summed E-state index contributed by atoms with van der Waals surface area (Å²) in [4.78, 5) is 42.6. The minimum absolute atomic E-state index is 0. The molecule has 10 nitrogen and oxygen atoms in total. The SMILES string of the molecule is COCCCOc1cc(C(=O)N(C(C)C)[C@@H]2CC[C@H](CCN(C(=O)Cc3cccc(C(N)=O)c3)C3CC3)NC2)ccc1OC.Cl. The van der Waals surface area contributed by atoms with Crippen LogP contribution in [0.25, 0.3) is 0 Å². The number of rotatable bonds is 16. The van der Waals surface area contributed by atoms with Gasteiger partial charge in [-0.1, -0.05) is 12.1 Å². The predicted molar refractivity (Wildman–Crippen MR) is 176 cm³/mol. The number of benzene rings is 2. The molecule has 45 heavy (non-hydrogen) atoms. The standard InChI is InChI=1S/C34H48N4O6.ClH/c1-23(2)38(34(41)26-9-14-30(43-4)31(21-26)44-18-6-17-42-3)29-11-10-27(36-22-29)15-16-37(28-12-13-28)32(39)20-24-7-5-8-25(19-24)33(35)40;/h5,7-9,14,19,21,23,27-29,36H,6,10-13,15-18,20,22H2,1-4H3,(H2,35,40);1H/t27-,29-;/m1./s1. The van der Waals surface area contributed by atoms with Crippen molar-refractivity contribution in [2.75, 3.05) is 40.5 Å². The zero-order valence-corrected chi connectivity index (χ0v) is 27.8. The van der Waals surface area contributed by atoms with E-state index in [2.05, 4.69) is 5.32 Å². The summed E-state index contributed by atoms with van der Waals surface area (Å²) in [6, 6.07) is 13.0. The summed E-state index contributed by atoms with van der Waals surface area (Å²) in [5, 5.41) is 3.66. The summed E-state index contributed by atoms with van der Waals surface area (Å²) in [5.41, 5.74) is 7.21. The minimum Gasteiger partial charge on any atom is -0.493 e. The van der Waals surface area contributed by atoms with E-state index in [4.69, 9.17) is 19.9 Å². The fraction of sp³-hybridized carbons (Fsp3) is 0.559. The second-order valence-corrected chi connectivity index (χ2v) is 12.1. The Labute approximate surface area is 273 Å². The molecule has 4 rings (SSSR count). The van der Waals surface area contributed by atoms with Crippen molar-refractivity contribution in [1.82, 2.24) is 15.1 Å². The Morgan fingerprint density at radius 2 is 1.71 bits per heavy atom. The number of carbonyl (C=O) groups is 3. The predicted octanol–water partition coefficient (Wildman–Crippen LogP) is 4.23. The van der Waals surface area contributed by atoms with Crippen LogP contribution in [0, 0.1) is 0 Å². The number of ether oxygens (including phenoxy) is 3. The fourth-order valence-corrected chi connectivity index (χ4v) is 5.97. The number of nitrogens with two attached hydrogens (primary N) is 1. The Hall–Kier alpha value is -3.34. The van der Waals surface area contributed by atoms with Crippen LogP contribution in [-0.4, -0.2) is 92.2 Å². The number of hydrogen-bond acceptors (Lipinski definition) is 7. The Bertz CT molecular complexity index is 1280. The first-order valence-electron chi connectivity index (χ1n) is 15.8. The average Bonchev–Trinajstić information content (AvgIpc) is 3.85. The van der Waals surface area contributed by atoms with Gasteiger partial charge in [-0.25, -0.2) is 0 Å². The van der Waals surface area contributed by atoms with Gasteiger partial charge < -0.3 is 35.1 Å². The van der Waals surface area contributed by atoms with Crippen LogP contribution in [0.15, 0.2) is 42.5 Å². The number of primary amides is 1. The highest BCUT2D eigenvalue weighted by Gasteiger charge is 2.35. The van der Waals surface area contributed by atoms with Crippen LogP contribution in [0.5, 0.6) is 11.5 Å². The lowest BCUT2D eigenvalue weighted by Gasteiger charge is -2.40. The van der Waals surface area contributed by atoms with Gasteiger partial charge in [-0.15, -0.1) is 12.4 Å². The second-order valence-electron chi connectivity index (χ2n) is 12.1. The van der Waals surface area contributed by atoms with Gasteiger partial charge in [0.15, 0.2) is 11.5 Å². The highest BCUT2D eigenvalue weighted by molar-refractivity contribution is 5.95. The normalized spacial score (nSPS) is 17.7. The zero-order valence-electron chi connectivity index (χ0n) is 27.0. The van der Waals surface area contributed by atoms with Crippen molar-refractivity contribution in [2.45, 2.75) is 83.0 Å². The lowest BCUT2D eigenvalue weighted by Crippen LogP contribution is -2.54. The first-order valence-corrected chi connectivity index (χ1v) is 15.8. The van der Waals surface area contributed by atoms with E-state index in [0.29, 0.717) is 55.0 Å². The quantitative estimate of drug-likeness (QED) is 0.262. The molecular formula is C34H49ClN4O6. The lowest BCUT2D eigenvalue weighted by atomic mass is 9.95. The van der Waals surface area contributed by atoms with Crippen molar-refractivity contribution in [3.8, 4) is 11.5 Å². The average molecular weight is 645 g/mol. The first kappa shape index (κ1) is 36.1. The van der Waals surface area contributed by atoms with Crippen LogP contribution in [0.3, 0.4) is 0 Å². The summed E-state index contributed by atoms with van der Waals surface area (Å²) in [6.07, 6.45) is 5.72. The van der Waals surface area contributed by atoms with Crippen LogP contribution in [0.2, 0.25) is 0 Å². The maximum Gasteiger partial charge on any atom is 0.254 e. The molecule has 0 bridgehead atoms. The van der Waals surface area contributed by atoms with E-state index in [9.17, 15) is 14.4 Å². The fourth-order valence-electron chi connectivity index (χ4n) is 5.97. The number of hydrogen-bond donors (Lipinski definition) is 2. The smallest absolute Gasteiger partial charge is 0.254 e. The van der Waals surface area contributed by atoms with E-state index in [1.54, 1.807) is 50.6 Å². The maximum atomic E-state index is 13.8. The van der Waals surface area contributed by atoms with Gasteiger partial charge in [0.1, 0.15) is 0 Å². The Kier molecular flexibility index (Phi) is 14.0. The van der Waals surface area contributed by atoms with E-state index < -0.39 is 5.91 Å². The molecular weight excluding hydrogens is 596 g/mol. The van der Waals surface area contributed by atoms with E-state index in [-0.39, 0.29) is 48.8 Å². The van der Waals surface area contributed by atoms with Gasteiger partial charge in [0.05, 0.1) is 20.1 Å². The van der Waals surface area contributed by atoms with Crippen LogP contribution in [-0.2, 0) is 16.0 Å². The molecule has 1 heterocycles. The van der Waals surface area contributed by atoms with Crippen molar-refractivity contribution < 1.29 is 28.6 Å². The molecule has 2 aromatic carbocycles. The van der Waals surface area contributed by atoms with Gasteiger partial charge in [0.25, 0.3) is 5.91 Å². The molecule has 1 saturated heterocycles. The Morgan fingerprint density at radius 3 is 2.33 bits per heavy atom. The van der Waals surface area contributed by atoms with Gasteiger partial charge in [-0.05, 0) is 81.8 Å². The largest absolute Gasteiger partial charge is 0.493 e.